The minimum Gasteiger partial charge on any atom is -0.387 e. The third kappa shape index (κ3) is 25.7. The summed E-state index contributed by atoms with van der Waals surface area (Å²) in [5.41, 5.74) is 0. The summed E-state index contributed by atoms with van der Waals surface area (Å²) in [6.45, 7) is 4.20. The molecule has 38 heavy (non-hydrogen) atoms. The van der Waals surface area contributed by atoms with Gasteiger partial charge in [-0.1, -0.05) is 99.8 Å². The quantitative estimate of drug-likeness (QED) is 0.0659. The fraction of sp³-hybridized carbons (Fsp3) is 0.645. The van der Waals surface area contributed by atoms with Crippen LogP contribution in [0, 0.1) is 0 Å². The van der Waals surface area contributed by atoms with Crippen LogP contribution in [0.15, 0.2) is 60.8 Å². The van der Waals surface area contributed by atoms with E-state index < -0.39 is 28.0 Å². The third-order valence-electron chi connectivity index (χ3n) is 5.99. The third-order valence-corrected chi connectivity index (χ3v) is 6.77. The van der Waals surface area contributed by atoms with E-state index in [1.165, 1.54) is 18.9 Å². The molecule has 7 heteroatoms. The molecule has 218 valence electrons. The van der Waals surface area contributed by atoms with Crippen molar-refractivity contribution >= 4 is 16.0 Å². The van der Waals surface area contributed by atoms with Crippen LogP contribution in [-0.4, -0.2) is 41.9 Å². The predicted molar refractivity (Wildman–Crippen MR) is 161 cm³/mol. The first-order valence-corrected chi connectivity index (χ1v) is 16.1. The van der Waals surface area contributed by atoms with E-state index in [-0.39, 0.29) is 12.3 Å². The van der Waals surface area contributed by atoms with E-state index in [4.69, 9.17) is 0 Å². The van der Waals surface area contributed by atoms with E-state index in [0.717, 1.165) is 64.2 Å². The lowest BCUT2D eigenvalue weighted by atomic mass is 10.1. The molecule has 0 spiro atoms. The second kappa shape index (κ2) is 25.3. The average Bonchev–Trinajstić information content (AvgIpc) is 2.86. The van der Waals surface area contributed by atoms with E-state index in [2.05, 4.69) is 54.8 Å². The first kappa shape index (κ1) is 36.0. The monoisotopic (exact) mass is 551 g/mol. The Balaban J connectivity index is 4.19. The van der Waals surface area contributed by atoms with Gasteiger partial charge in [-0.3, -0.25) is 9.35 Å². The van der Waals surface area contributed by atoms with Crippen LogP contribution in [0.3, 0.4) is 0 Å². The highest BCUT2D eigenvalue weighted by atomic mass is 32.2. The molecule has 0 saturated carbocycles. The Hall–Kier alpha value is -1.96. The van der Waals surface area contributed by atoms with Crippen LogP contribution in [0.1, 0.15) is 110 Å². The molecule has 0 aromatic carbocycles. The van der Waals surface area contributed by atoms with Gasteiger partial charge in [-0.15, -0.1) is 0 Å². The molecular weight excluding hydrogens is 498 g/mol. The summed E-state index contributed by atoms with van der Waals surface area (Å²) in [5.74, 6) is -1.04. The van der Waals surface area contributed by atoms with Crippen LogP contribution in [0.5, 0.6) is 0 Å². The predicted octanol–water partition coefficient (Wildman–Crippen LogP) is 7.39. The maximum absolute atomic E-state index is 12.3. The Bertz CT molecular complexity index is 827. The minimum absolute atomic E-state index is 0.265. The first-order valence-electron chi connectivity index (χ1n) is 14.5. The number of rotatable bonds is 24. The van der Waals surface area contributed by atoms with Crippen LogP contribution >= 0.6 is 0 Å². The van der Waals surface area contributed by atoms with Gasteiger partial charge >= 0.3 is 0 Å². The highest BCUT2D eigenvalue weighted by molar-refractivity contribution is 7.85. The van der Waals surface area contributed by atoms with Gasteiger partial charge in [0, 0.05) is 6.42 Å². The molecule has 2 unspecified atom stereocenters. The lowest BCUT2D eigenvalue weighted by Gasteiger charge is -2.21. The van der Waals surface area contributed by atoms with Gasteiger partial charge in [0.1, 0.15) is 0 Å². The number of amides is 1. The molecule has 0 aromatic heterocycles. The standard InChI is InChI=1S/C31H53NO5S/c1-3-5-7-9-11-13-14-15-16-17-19-21-23-25-27-31(34)32-29(28-38(35,36)37)30(33)26-24-22-20-18-12-10-8-6-4-2/h4,6,9,11-12,14-15,18,24,26,29-30,33H,3,5,7-8,10,13,16-17,19-23,25,27-28H2,1-2H3,(H,32,34)(H,35,36,37)/b6-4+,11-9-,15-14-,18-12+,26-24+. The van der Waals surface area contributed by atoms with Crippen molar-refractivity contribution in [2.24, 2.45) is 0 Å². The highest BCUT2D eigenvalue weighted by Gasteiger charge is 2.24. The Labute approximate surface area is 232 Å². The lowest BCUT2D eigenvalue weighted by molar-refractivity contribution is -0.122. The molecule has 0 heterocycles. The van der Waals surface area contributed by atoms with Crippen molar-refractivity contribution in [3.05, 3.63) is 60.8 Å². The van der Waals surface area contributed by atoms with Crippen LogP contribution in [0.4, 0.5) is 0 Å². The van der Waals surface area contributed by atoms with E-state index in [1.807, 2.05) is 13.0 Å². The molecule has 6 nitrogen and oxygen atoms in total. The SMILES string of the molecule is C/C=C/CC/C=C/CC/C=C/C(O)C(CS(=O)(=O)O)NC(=O)CCCCCCC/C=C\C/C=C\CCCC. The Kier molecular flexibility index (Phi) is 24.0. The highest BCUT2D eigenvalue weighted by Crippen LogP contribution is 2.09. The van der Waals surface area contributed by atoms with Crippen LogP contribution in [0.25, 0.3) is 0 Å². The molecule has 0 radical (unpaired) electrons. The topological polar surface area (TPSA) is 104 Å². The van der Waals surface area contributed by atoms with Crippen LogP contribution in [0.2, 0.25) is 0 Å². The zero-order chi connectivity index (χ0) is 28.3. The molecule has 0 bridgehead atoms. The normalized spacial score (nSPS) is 14.5. The summed E-state index contributed by atoms with van der Waals surface area (Å²) in [5, 5.41) is 13.0. The molecule has 0 fully saturated rings. The molecule has 3 N–H and O–H groups in total. The van der Waals surface area contributed by atoms with Crippen molar-refractivity contribution in [2.45, 2.75) is 122 Å². The molecule has 0 aliphatic heterocycles. The molecule has 0 aromatic rings. The van der Waals surface area contributed by atoms with Gasteiger partial charge in [-0.25, -0.2) is 0 Å². The van der Waals surface area contributed by atoms with Gasteiger partial charge in [0.25, 0.3) is 10.1 Å². The summed E-state index contributed by atoms with van der Waals surface area (Å²) >= 11 is 0. The number of allylic oxidation sites excluding steroid dienone is 9. The first-order chi connectivity index (χ1) is 18.3. The fourth-order valence-electron chi connectivity index (χ4n) is 3.80. The summed E-state index contributed by atoms with van der Waals surface area (Å²) < 4.78 is 32.0. The number of aliphatic hydroxyl groups excluding tert-OH is 1. The molecule has 2 atom stereocenters. The van der Waals surface area contributed by atoms with Crippen molar-refractivity contribution < 1.29 is 22.9 Å². The molecule has 0 aliphatic rings. The van der Waals surface area contributed by atoms with Crippen LogP contribution in [-0.2, 0) is 14.9 Å². The summed E-state index contributed by atoms with van der Waals surface area (Å²) in [6, 6.07) is -1.08. The van der Waals surface area contributed by atoms with Crippen molar-refractivity contribution in [3.8, 4) is 0 Å². The molecule has 0 aliphatic carbocycles. The number of unbranched alkanes of at least 4 members (excludes halogenated alkanes) is 9. The largest absolute Gasteiger partial charge is 0.387 e. The van der Waals surface area contributed by atoms with Crippen molar-refractivity contribution in [1.82, 2.24) is 5.32 Å². The van der Waals surface area contributed by atoms with E-state index in [9.17, 15) is 22.9 Å². The van der Waals surface area contributed by atoms with Crippen molar-refractivity contribution in [1.29, 1.82) is 0 Å². The summed E-state index contributed by atoms with van der Waals surface area (Å²) in [7, 11) is -4.35. The smallest absolute Gasteiger partial charge is 0.267 e. The number of nitrogens with one attached hydrogen (secondary N) is 1. The molecule has 0 saturated heterocycles. The average molecular weight is 552 g/mol. The Morgan fingerprint density at radius 1 is 0.763 bits per heavy atom. The van der Waals surface area contributed by atoms with Crippen molar-refractivity contribution in [2.75, 3.05) is 5.75 Å². The van der Waals surface area contributed by atoms with Gasteiger partial charge in [-0.05, 0) is 64.7 Å². The van der Waals surface area contributed by atoms with Gasteiger partial charge in [-0.2, -0.15) is 8.42 Å². The van der Waals surface area contributed by atoms with E-state index in [1.54, 1.807) is 6.08 Å². The number of hydrogen-bond acceptors (Lipinski definition) is 4. The van der Waals surface area contributed by atoms with Gasteiger partial charge in [0.2, 0.25) is 5.91 Å². The second-order valence-electron chi connectivity index (χ2n) is 9.66. The van der Waals surface area contributed by atoms with Gasteiger partial charge in [0.15, 0.2) is 0 Å². The fourth-order valence-corrected chi connectivity index (χ4v) is 4.53. The number of aliphatic hydroxyl groups is 1. The zero-order valence-corrected chi connectivity index (χ0v) is 24.6. The summed E-state index contributed by atoms with van der Waals surface area (Å²) in [4.78, 5) is 12.3. The molecular formula is C31H53NO5S. The number of carbonyl (C=O) groups is 1. The van der Waals surface area contributed by atoms with Crippen LogP contribution < -0.4 is 5.32 Å². The number of carbonyl (C=O) groups excluding carboxylic acids is 1. The number of hydrogen-bond donors (Lipinski definition) is 3. The van der Waals surface area contributed by atoms with Crippen molar-refractivity contribution in [3.63, 3.8) is 0 Å². The van der Waals surface area contributed by atoms with Gasteiger partial charge < -0.3 is 10.4 Å². The second-order valence-corrected chi connectivity index (χ2v) is 11.2. The minimum atomic E-state index is -4.35. The Morgan fingerprint density at radius 3 is 1.95 bits per heavy atom. The lowest BCUT2D eigenvalue weighted by Crippen LogP contribution is -2.46. The molecule has 1 amide bonds. The maximum atomic E-state index is 12.3. The van der Waals surface area contributed by atoms with E-state index >= 15 is 0 Å². The molecule has 0 rings (SSSR count). The summed E-state index contributed by atoms with van der Waals surface area (Å²) in [6.07, 6.45) is 33.7. The maximum Gasteiger partial charge on any atom is 0.267 e. The van der Waals surface area contributed by atoms with Gasteiger partial charge in [0.05, 0.1) is 17.9 Å². The Morgan fingerprint density at radius 2 is 1.32 bits per heavy atom. The zero-order valence-electron chi connectivity index (χ0n) is 23.8. The van der Waals surface area contributed by atoms with E-state index in [0.29, 0.717) is 12.8 Å².